The van der Waals surface area contributed by atoms with Crippen molar-refractivity contribution in [1.29, 1.82) is 0 Å². The number of fused-ring (bicyclic) bond motifs is 1. The van der Waals surface area contributed by atoms with E-state index in [1.807, 2.05) is 25.7 Å². The third kappa shape index (κ3) is 3.35. The molecule has 0 bridgehead atoms. The van der Waals surface area contributed by atoms with Gasteiger partial charge in [-0.3, -0.25) is 4.79 Å². The summed E-state index contributed by atoms with van der Waals surface area (Å²) in [7, 11) is 0. The SMILES string of the molecule is Cc1nc2c(c(N3CCOCC3)n1)CN(C(=O)C(C)(C)CCl)CC2. The van der Waals surface area contributed by atoms with Crippen LogP contribution in [-0.2, 0) is 22.5 Å². The predicted octanol–water partition coefficient (Wildman–Crippen LogP) is 1.77. The highest BCUT2D eigenvalue weighted by molar-refractivity contribution is 6.19. The fraction of sp³-hybridized carbons (Fsp3) is 0.706. The van der Waals surface area contributed by atoms with E-state index >= 15 is 0 Å². The molecule has 2 aliphatic rings. The molecule has 3 heterocycles. The van der Waals surface area contributed by atoms with Crippen molar-refractivity contribution in [3.63, 3.8) is 0 Å². The van der Waals surface area contributed by atoms with Crippen LogP contribution in [0.4, 0.5) is 5.82 Å². The second-order valence-corrected chi connectivity index (χ2v) is 7.38. The monoisotopic (exact) mass is 352 g/mol. The molecule has 6 nitrogen and oxygen atoms in total. The number of ether oxygens (including phenoxy) is 1. The Morgan fingerprint density at radius 1 is 1.25 bits per heavy atom. The molecule has 1 saturated heterocycles. The molecule has 2 aliphatic heterocycles. The topological polar surface area (TPSA) is 58.6 Å². The Kier molecular flexibility index (Phi) is 4.97. The summed E-state index contributed by atoms with van der Waals surface area (Å²) in [5, 5.41) is 0. The van der Waals surface area contributed by atoms with Crippen molar-refractivity contribution >= 4 is 23.3 Å². The van der Waals surface area contributed by atoms with Crippen LogP contribution in [0.2, 0.25) is 0 Å². The highest BCUT2D eigenvalue weighted by Crippen LogP contribution is 2.30. The second-order valence-electron chi connectivity index (χ2n) is 7.11. The normalized spacial score (nSPS) is 18.5. The van der Waals surface area contributed by atoms with Crippen molar-refractivity contribution in [3.05, 3.63) is 17.1 Å². The summed E-state index contributed by atoms with van der Waals surface area (Å²) in [6, 6.07) is 0. The lowest BCUT2D eigenvalue weighted by Crippen LogP contribution is -2.45. The van der Waals surface area contributed by atoms with Crippen molar-refractivity contribution in [3.8, 4) is 0 Å². The first-order valence-corrected chi connectivity index (χ1v) is 9.00. The molecule has 0 unspecified atom stereocenters. The number of nitrogens with zero attached hydrogens (tertiary/aromatic N) is 4. The molecule has 0 spiro atoms. The number of alkyl halides is 1. The van der Waals surface area contributed by atoms with Gasteiger partial charge >= 0.3 is 0 Å². The lowest BCUT2D eigenvalue weighted by Gasteiger charge is -2.37. The first-order valence-electron chi connectivity index (χ1n) is 8.47. The van der Waals surface area contributed by atoms with E-state index in [9.17, 15) is 4.79 Å². The number of halogens is 1. The van der Waals surface area contributed by atoms with Gasteiger partial charge in [-0.05, 0) is 20.8 Å². The molecule has 0 radical (unpaired) electrons. The van der Waals surface area contributed by atoms with Crippen LogP contribution in [-0.4, -0.2) is 59.5 Å². The maximum Gasteiger partial charge on any atom is 0.229 e. The summed E-state index contributed by atoms with van der Waals surface area (Å²) in [6.07, 6.45) is 0.764. The Labute approximate surface area is 148 Å². The molecule has 0 N–H and O–H groups in total. The maximum absolute atomic E-state index is 12.8. The zero-order valence-corrected chi connectivity index (χ0v) is 15.4. The third-order valence-corrected chi connectivity index (χ3v) is 5.33. The fourth-order valence-electron chi connectivity index (χ4n) is 3.21. The number of aromatic nitrogens is 2. The van der Waals surface area contributed by atoms with E-state index in [0.717, 1.165) is 42.4 Å². The largest absolute Gasteiger partial charge is 0.378 e. The van der Waals surface area contributed by atoms with Crippen LogP contribution in [0.1, 0.15) is 30.9 Å². The first-order chi connectivity index (χ1) is 11.4. The molecular weight excluding hydrogens is 328 g/mol. The lowest BCUT2D eigenvalue weighted by molar-refractivity contribution is -0.140. The zero-order valence-electron chi connectivity index (χ0n) is 14.6. The average Bonchev–Trinajstić information content (AvgIpc) is 2.60. The van der Waals surface area contributed by atoms with E-state index in [-0.39, 0.29) is 5.91 Å². The number of carbonyl (C=O) groups is 1. The molecule has 3 rings (SSSR count). The summed E-state index contributed by atoms with van der Waals surface area (Å²) in [5.41, 5.74) is 1.59. The zero-order chi connectivity index (χ0) is 17.3. The Morgan fingerprint density at radius 3 is 2.62 bits per heavy atom. The van der Waals surface area contributed by atoms with Crippen molar-refractivity contribution in [2.75, 3.05) is 43.6 Å². The number of amides is 1. The van der Waals surface area contributed by atoms with Crippen LogP contribution in [0.15, 0.2) is 0 Å². The molecule has 0 aliphatic carbocycles. The fourth-order valence-corrected chi connectivity index (χ4v) is 3.33. The van der Waals surface area contributed by atoms with Gasteiger partial charge in [0.05, 0.1) is 30.9 Å². The standard InChI is InChI=1S/C17H25ClN4O2/c1-12-19-14-4-5-22(16(23)17(2,3)11-18)10-13(14)15(20-12)21-6-8-24-9-7-21/h4-11H2,1-3H3. The molecule has 1 aromatic heterocycles. The highest BCUT2D eigenvalue weighted by Gasteiger charge is 2.34. The van der Waals surface area contributed by atoms with Crippen LogP contribution >= 0.6 is 11.6 Å². The number of aryl methyl sites for hydroxylation is 1. The molecule has 0 saturated carbocycles. The lowest BCUT2D eigenvalue weighted by atomic mass is 9.92. The van der Waals surface area contributed by atoms with Crippen LogP contribution in [0, 0.1) is 12.3 Å². The summed E-state index contributed by atoms with van der Waals surface area (Å²) in [6.45, 7) is 10.0. The van der Waals surface area contributed by atoms with E-state index in [1.54, 1.807) is 0 Å². The van der Waals surface area contributed by atoms with Gasteiger partial charge < -0.3 is 14.5 Å². The van der Waals surface area contributed by atoms with Gasteiger partial charge in [0.1, 0.15) is 11.6 Å². The maximum atomic E-state index is 12.8. The first kappa shape index (κ1) is 17.4. The van der Waals surface area contributed by atoms with E-state index in [0.29, 0.717) is 32.2 Å². The molecule has 1 aromatic rings. The number of anilines is 1. The van der Waals surface area contributed by atoms with Crippen LogP contribution in [0.3, 0.4) is 0 Å². The highest BCUT2D eigenvalue weighted by atomic mass is 35.5. The minimum atomic E-state index is -0.552. The predicted molar refractivity (Wildman–Crippen MR) is 93.4 cm³/mol. The molecule has 1 amide bonds. The molecule has 0 atom stereocenters. The van der Waals surface area contributed by atoms with Crippen LogP contribution < -0.4 is 4.90 Å². The quantitative estimate of drug-likeness (QED) is 0.776. The smallest absolute Gasteiger partial charge is 0.229 e. The number of morpholine rings is 1. The van der Waals surface area contributed by atoms with Gasteiger partial charge in [-0.25, -0.2) is 9.97 Å². The molecule has 24 heavy (non-hydrogen) atoms. The summed E-state index contributed by atoms with van der Waals surface area (Å²) < 4.78 is 5.45. The molecule has 132 valence electrons. The van der Waals surface area contributed by atoms with E-state index < -0.39 is 5.41 Å². The number of hydrogen-bond donors (Lipinski definition) is 0. The van der Waals surface area contributed by atoms with Gasteiger partial charge in [-0.15, -0.1) is 11.6 Å². The van der Waals surface area contributed by atoms with Crippen LogP contribution in [0.5, 0.6) is 0 Å². The minimum absolute atomic E-state index is 0.0941. The van der Waals surface area contributed by atoms with Crippen molar-refractivity contribution in [2.45, 2.75) is 33.7 Å². The van der Waals surface area contributed by atoms with Gasteiger partial charge in [0.15, 0.2) is 0 Å². The molecular formula is C17H25ClN4O2. The van der Waals surface area contributed by atoms with E-state index in [2.05, 4.69) is 14.9 Å². The minimum Gasteiger partial charge on any atom is -0.378 e. The number of rotatable bonds is 3. The number of carbonyl (C=O) groups excluding carboxylic acids is 1. The Bertz CT molecular complexity index is 629. The second kappa shape index (κ2) is 6.84. The Morgan fingerprint density at radius 2 is 1.96 bits per heavy atom. The summed E-state index contributed by atoms with van der Waals surface area (Å²) in [5.74, 6) is 2.16. The van der Waals surface area contributed by atoms with E-state index in [4.69, 9.17) is 16.3 Å². The molecule has 7 heteroatoms. The average molecular weight is 353 g/mol. The van der Waals surface area contributed by atoms with Crippen molar-refractivity contribution < 1.29 is 9.53 Å². The third-order valence-electron chi connectivity index (χ3n) is 4.66. The van der Waals surface area contributed by atoms with E-state index in [1.165, 1.54) is 0 Å². The number of hydrogen-bond acceptors (Lipinski definition) is 5. The van der Waals surface area contributed by atoms with Gasteiger partial charge in [0.2, 0.25) is 5.91 Å². The van der Waals surface area contributed by atoms with Gasteiger partial charge in [-0.1, -0.05) is 0 Å². The van der Waals surface area contributed by atoms with Crippen LogP contribution in [0.25, 0.3) is 0 Å². The molecule has 0 aromatic carbocycles. The summed E-state index contributed by atoms with van der Waals surface area (Å²) in [4.78, 5) is 26.2. The van der Waals surface area contributed by atoms with Crippen molar-refractivity contribution in [1.82, 2.24) is 14.9 Å². The Balaban J connectivity index is 1.90. The summed E-state index contributed by atoms with van der Waals surface area (Å²) >= 11 is 5.99. The molecule has 1 fully saturated rings. The van der Waals surface area contributed by atoms with Gasteiger partial charge in [-0.2, -0.15) is 0 Å². The Hall–Kier alpha value is -1.40. The van der Waals surface area contributed by atoms with Crippen molar-refractivity contribution in [2.24, 2.45) is 5.41 Å². The van der Waals surface area contributed by atoms with Gasteiger partial charge in [0, 0.05) is 37.5 Å². The van der Waals surface area contributed by atoms with Gasteiger partial charge in [0.25, 0.3) is 0 Å².